The number of halogens is 2. The SMILES string of the molecule is CCC(CNC(=NC)NCC(c1cnn(C)c1)N(C)C)Oc1cccc(F)c1.I. The predicted molar refractivity (Wildman–Crippen MR) is 126 cm³/mol. The Morgan fingerprint density at radius 2 is 2.03 bits per heavy atom. The van der Waals surface area contributed by atoms with Crippen molar-refractivity contribution in [2.75, 3.05) is 34.2 Å². The number of aromatic nitrogens is 2. The Hall–Kier alpha value is -1.88. The summed E-state index contributed by atoms with van der Waals surface area (Å²) in [6, 6.07) is 6.37. The van der Waals surface area contributed by atoms with Crippen LogP contribution in [0.15, 0.2) is 41.7 Å². The molecule has 0 fully saturated rings. The van der Waals surface area contributed by atoms with Gasteiger partial charge in [0, 0.05) is 38.5 Å². The van der Waals surface area contributed by atoms with Crippen LogP contribution in [0.5, 0.6) is 5.75 Å². The van der Waals surface area contributed by atoms with Crippen molar-refractivity contribution in [2.24, 2.45) is 12.0 Å². The van der Waals surface area contributed by atoms with Gasteiger partial charge in [0.25, 0.3) is 0 Å². The lowest BCUT2D eigenvalue weighted by Crippen LogP contribution is -2.45. The molecule has 9 heteroatoms. The van der Waals surface area contributed by atoms with E-state index in [1.165, 1.54) is 12.1 Å². The van der Waals surface area contributed by atoms with E-state index in [1.54, 1.807) is 23.9 Å². The van der Waals surface area contributed by atoms with Gasteiger partial charge in [0.1, 0.15) is 17.7 Å². The molecule has 0 aliphatic heterocycles. The van der Waals surface area contributed by atoms with Crippen LogP contribution in [0, 0.1) is 5.82 Å². The summed E-state index contributed by atoms with van der Waals surface area (Å²) in [4.78, 5) is 6.42. The molecule has 1 heterocycles. The van der Waals surface area contributed by atoms with Gasteiger partial charge in [0.2, 0.25) is 0 Å². The average Bonchev–Trinajstić information content (AvgIpc) is 3.09. The molecule has 29 heavy (non-hydrogen) atoms. The van der Waals surface area contributed by atoms with Gasteiger partial charge in [-0.25, -0.2) is 4.39 Å². The molecule has 2 unspecified atom stereocenters. The minimum Gasteiger partial charge on any atom is -0.489 e. The third-order valence-electron chi connectivity index (χ3n) is 4.47. The Balaban J connectivity index is 0.00000420. The van der Waals surface area contributed by atoms with Crippen LogP contribution in [0.2, 0.25) is 0 Å². The van der Waals surface area contributed by atoms with Crippen molar-refractivity contribution in [1.82, 2.24) is 25.3 Å². The number of aliphatic imine (C=N–C) groups is 1. The quantitative estimate of drug-likeness (QED) is 0.304. The smallest absolute Gasteiger partial charge is 0.191 e. The molecule has 1 aromatic carbocycles. The minimum absolute atomic E-state index is 0. The Labute approximate surface area is 189 Å². The first-order valence-electron chi connectivity index (χ1n) is 9.44. The number of hydrogen-bond acceptors (Lipinski definition) is 4. The van der Waals surface area contributed by atoms with Crippen LogP contribution in [0.1, 0.15) is 24.9 Å². The molecule has 0 saturated carbocycles. The maximum atomic E-state index is 13.3. The Kier molecular flexibility index (Phi) is 11.0. The second-order valence-corrected chi connectivity index (χ2v) is 6.87. The van der Waals surface area contributed by atoms with E-state index in [-0.39, 0.29) is 41.9 Å². The second kappa shape index (κ2) is 12.6. The summed E-state index contributed by atoms with van der Waals surface area (Å²) in [5, 5.41) is 10.9. The molecule has 2 aromatic rings. The number of benzene rings is 1. The first kappa shape index (κ1) is 25.2. The highest BCUT2D eigenvalue weighted by atomic mass is 127. The molecular formula is C20H32FIN6O. The number of nitrogens with zero attached hydrogens (tertiary/aromatic N) is 4. The van der Waals surface area contributed by atoms with Crippen LogP contribution < -0.4 is 15.4 Å². The zero-order chi connectivity index (χ0) is 20.5. The van der Waals surface area contributed by atoms with E-state index in [4.69, 9.17) is 4.74 Å². The summed E-state index contributed by atoms with van der Waals surface area (Å²) < 4.78 is 21.0. The number of likely N-dealkylation sites (N-methyl/N-ethyl adjacent to an activating group) is 1. The van der Waals surface area contributed by atoms with Crippen molar-refractivity contribution in [2.45, 2.75) is 25.5 Å². The van der Waals surface area contributed by atoms with E-state index in [1.807, 2.05) is 40.5 Å². The fraction of sp³-hybridized carbons (Fsp3) is 0.500. The van der Waals surface area contributed by atoms with Crippen LogP contribution in [0.25, 0.3) is 0 Å². The van der Waals surface area contributed by atoms with Crippen molar-refractivity contribution in [3.05, 3.63) is 48.0 Å². The van der Waals surface area contributed by atoms with Crippen LogP contribution in [0.3, 0.4) is 0 Å². The second-order valence-electron chi connectivity index (χ2n) is 6.87. The van der Waals surface area contributed by atoms with Gasteiger partial charge in [-0.2, -0.15) is 5.10 Å². The number of nitrogens with one attached hydrogen (secondary N) is 2. The molecule has 0 saturated heterocycles. The highest BCUT2D eigenvalue weighted by Crippen LogP contribution is 2.16. The Bertz CT molecular complexity index is 767. The standard InChI is InChI=1S/C20H31FN6O.HI/c1-6-17(28-18-9-7-8-16(21)10-18)12-23-20(22-2)24-13-19(26(3)4)15-11-25-27(5)14-15;/h7-11,14,17,19H,6,12-13H2,1-5H3,(H2,22,23,24);1H. The number of rotatable bonds is 9. The molecule has 1 aromatic heterocycles. The van der Waals surface area contributed by atoms with E-state index in [0.29, 0.717) is 24.8 Å². The van der Waals surface area contributed by atoms with E-state index in [0.717, 1.165) is 12.0 Å². The van der Waals surface area contributed by atoms with Gasteiger partial charge in [-0.05, 0) is 32.6 Å². The largest absolute Gasteiger partial charge is 0.489 e. The molecule has 2 atom stereocenters. The van der Waals surface area contributed by atoms with Crippen LogP contribution in [-0.4, -0.2) is 61.0 Å². The summed E-state index contributed by atoms with van der Waals surface area (Å²) in [5.41, 5.74) is 1.14. The minimum atomic E-state index is -0.303. The van der Waals surface area contributed by atoms with Crippen LogP contribution >= 0.6 is 24.0 Å². The molecule has 0 aliphatic carbocycles. The molecule has 2 rings (SSSR count). The molecule has 0 bridgehead atoms. The van der Waals surface area contributed by atoms with Crippen molar-refractivity contribution < 1.29 is 9.13 Å². The molecule has 0 radical (unpaired) electrons. The number of hydrogen-bond donors (Lipinski definition) is 2. The predicted octanol–water partition coefficient (Wildman–Crippen LogP) is 2.80. The number of guanidine groups is 1. The van der Waals surface area contributed by atoms with Crippen molar-refractivity contribution >= 4 is 29.9 Å². The van der Waals surface area contributed by atoms with Gasteiger partial charge in [-0.1, -0.05) is 13.0 Å². The molecule has 7 nitrogen and oxygen atoms in total. The van der Waals surface area contributed by atoms with Gasteiger partial charge in [-0.15, -0.1) is 24.0 Å². The molecular weight excluding hydrogens is 486 g/mol. The summed E-state index contributed by atoms with van der Waals surface area (Å²) in [6.45, 7) is 3.28. The van der Waals surface area contributed by atoms with Gasteiger partial charge < -0.3 is 20.3 Å². The lowest BCUT2D eigenvalue weighted by molar-refractivity contribution is 0.198. The maximum absolute atomic E-state index is 13.3. The van der Waals surface area contributed by atoms with E-state index >= 15 is 0 Å². The van der Waals surface area contributed by atoms with Crippen molar-refractivity contribution in [1.29, 1.82) is 0 Å². The molecule has 0 aliphatic rings. The summed E-state index contributed by atoms with van der Waals surface area (Å²) in [5.74, 6) is 0.917. The van der Waals surface area contributed by atoms with E-state index in [9.17, 15) is 4.39 Å². The van der Waals surface area contributed by atoms with Gasteiger partial charge in [0.05, 0.1) is 18.8 Å². The lowest BCUT2D eigenvalue weighted by Gasteiger charge is -2.25. The molecule has 162 valence electrons. The van der Waals surface area contributed by atoms with Gasteiger partial charge in [0.15, 0.2) is 5.96 Å². The summed E-state index contributed by atoms with van der Waals surface area (Å²) in [6.07, 6.45) is 4.59. The van der Waals surface area contributed by atoms with Crippen LogP contribution in [-0.2, 0) is 7.05 Å². The third kappa shape index (κ3) is 8.17. The monoisotopic (exact) mass is 518 g/mol. The Morgan fingerprint density at radius 1 is 1.31 bits per heavy atom. The van der Waals surface area contributed by atoms with E-state index in [2.05, 4.69) is 25.6 Å². The van der Waals surface area contributed by atoms with Crippen molar-refractivity contribution in [3.63, 3.8) is 0 Å². The normalized spacial score (nSPS) is 13.6. The first-order valence-corrected chi connectivity index (χ1v) is 9.44. The van der Waals surface area contributed by atoms with Crippen LogP contribution in [0.4, 0.5) is 4.39 Å². The fourth-order valence-electron chi connectivity index (χ4n) is 2.84. The zero-order valence-electron chi connectivity index (χ0n) is 17.7. The zero-order valence-corrected chi connectivity index (χ0v) is 20.1. The number of ether oxygens (including phenoxy) is 1. The van der Waals surface area contributed by atoms with Gasteiger partial charge >= 0.3 is 0 Å². The lowest BCUT2D eigenvalue weighted by atomic mass is 10.1. The molecule has 0 spiro atoms. The fourth-order valence-corrected chi connectivity index (χ4v) is 2.84. The highest BCUT2D eigenvalue weighted by molar-refractivity contribution is 14.0. The molecule has 0 amide bonds. The first-order chi connectivity index (χ1) is 13.4. The van der Waals surface area contributed by atoms with Crippen molar-refractivity contribution in [3.8, 4) is 5.75 Å². The van der Waals surface area contributed by atoms with Gasteiger partial charge in [-0.3, -0.25) is 9.67 Å². The summed E-state index contributed by atoms with van der Waals surface area (Å²) in [7, 11) is 7.72. The molecule has 2 N–H and O–H groups in total. The third-order valence-corrected chi connectivity index (χ3v) is 4.47. The number of aryl methyl sites for hydroxylation is 1. The maximum Gasteiger partial charge on any atom is 0.191 e. The topological polar surface area (TPSA) is 66.7 Å². The Morgan fingerprint density at radius 3 is 2.59 bits per heavy atom. The highest BCUT2D eigenvalue weighted by Gasteiger charge is 2.17. The summed E-state index contributed by atoms with van der Waals surface area (Å²) >= 11 is 0. The average molecular weight is 518 g/mol. The van der Waals surface area contributed by atoms with E-state index < -0.39 is 0 Å².